The van der Waals surface area contributed by atoms with Crippen molar-refractivity contribution in [2.45, 2.75) is 64.3 Å². The maximum absolute atomic E-state index is 12.6. The van der Waals surface area contributed by atoms with Gasteiger partial charge in [-0.15, -0.1) is 11.3 Å². The zero-order valence-corrected chi connectivity index (χ0v) is 15.8. The van der Waals surface area contributed by atoms with Crippen molar-refractivity contribution in [3.63, 3.8) is 0 Å². The Morgan fingerprint density at radius 1 is 1.19 bits per heavy atom. The smallest absolute Gasteiger partial charge is 0.250 e. The van der Waals surface area contributed by atoms with Crippen molar-refractivity contribution >= 4 is 21.4 Å². The highest BCUT2D eigenvalue weighted by Crippen LogP contribution is 2.30. The molecule has 0 aromatic carbocycles. The van der Waals surface area contributed by atoms with Crippen LogP contribution in [0.3, 0.4) is 0 Å². The molecule has 0 aliphatic carbocycles. The van der Waals surface area contributed by atoms with Crippen LogP contribution in [0, 0.1) is 12.3 Å². The summed E-state index contributed by atoms with van der Waals surface area (Å²) in [7, 11) is -1.61. The van der Waals surface area contributed by atoms with E-state index in [9.17, 15) is 8.42 Å². The number of hydrogen-bond acceptors (Lipinski definition) is 4. The van der Waals surface area contributed by atoms with Gasteiger partial charge in [0, 0.05) is 17.0 Å². The van der Waals surface area contributed by atoms with Gasteiger partial charge in [-0.05, 0) is 51.3 Å². The van der Waals surface area contributed by atoms with Crippen molar-refractivity contribution in [2.75, 3.05) is 7.05 Å². The van der Waals surface area contributed by atoms with E-state index < -0.39 is 15.6 Å². The molecular formula is C15H28N2O2S2. The first-order valence-electron chi connectivity index (χ1n) is 7.14. The van der Waals surface area contributed by atoms with E-state index in [1.807, 2.05) is 27.8 Å². The van der Waals surface area contributed by atoms with Gasteiger partial charge in [0.05, 0.1) is 0 Å². The third kappa shape index (κ3) is 5.70. The van der Waals surface area contributed by atoms with Crippen LogP contribution in [0.4, 0.5) is 0 Å². The molecule has 0 unspecified atom stereocenters. The molecule has 21 heavy (non-hydrogen) atoms. The molecule has 0 saturated heterocycles. The minimum Gasteiger partial charge on any atom is -0.315 e. The molecule has 1 aromatic heterocycles. The number of sulfonamides is 1. The Morgan fingerprint density at radius 3 is 2.24 bits per heavy atom. The number of aryl methyl sites for hydroxylation is 1. The van der Waals surface area contributed by atoms with Crippen molar-refractivity contribution < 1.29 is 8.42 Å². The molecule has 2 N–H and O–H groups in total. The quantitative estimate of drug-likeness (QED) is 0.840. The average Bonchev–Trinajstić information content (AvgIpc) is 2.56. The van der Waals surface area contributed by atoms with E-state index in [2.05, 4.69) is 30.8 Å². The van der Waals surface area contributed by atoms with E-state index in [1.54, 1.807) is 6.07 Å². The third-order valence-corrected chi connectivity index (χ3v) is 6.39. The second kappa shape index (κ2) is 6.36. The number of nitrogens with one attached hydrogen (secondary N) is 2. The summed E-state index contributed by atoms with van der Waals surface area (Å²) < 4.78 is 28.4. The number of rotatable bonds is 6. The zero-order valence-electron chi connectivity index (χ0n) is 14.1. The van der Waals surface area contributed by atoms with Gasteiger partial charge in [-0.1, -0.05) is 20.8 Å². The Hall–Kier alpha value is -0.430. The maximum atomic E-state index is 12.6. The van der Waals surface area contributed by atoms with E-state index in [4.69, 9.17) is 0 Å². The van der Waals surface area contributed by atoms with Gasteiger partial charge in [-0.2, -0.15) is 0 Å². The lowest BCUT2D eigenvalue weighted by Gasteiger charge is -2.32. The molecule has 0 atom stereocenters. The monoisotopic (exact) mass is 332 g/mol. The Kier molecular flexibility index (Phi) is 5.64. The fourth-order valence-electron chi connectivity index (χ4n) is 2.73. The predicted molar refractivity (Wildman–Crippen MR) is 90.3 cm³/mol. The van der Waals surface area contributed by atoms with E-state index in [-0.39, 0.29) is 5.41 Å². The van der Waals surface area contributed by atoms with E-state index >= 15 is 0 Å². The van der Waals surface area contributed by atoms with Gasteiger partial charge in [-0.25, -0.2) is 13.1 Å². The van der Waals surface area contributed by atoms with Crippen molar-refractivity contribution in [1.29, 1.82) is 0 Å². The highest BCUT2D eigenvalue weighted by Gasteiger charge is 2.31. The average molecular weight is 333 g/mol. The highest BCUT2D eigenvalue weighted by atomic mass is 32.2. The maximum Gasteiger partial charge on any atom is 0.250 e. The molecule has 0 amide bonds. The molecule has 1 rings (SSSR count). The normalized spacial score (nSPS) is 13.7. The van der Waals surface area contributed by atoms with Gasteiger partial charge in [-0.3, -0.25) is 0 Å². The first kappa shape index (κ1) is 18.6. The summed E-state index contributed by atoms with van der Waals surface area (Å²) in [5.41, 5.74) is 0.607. The zero-order chi connectivity index (χ0) is 16.5. The van der Waals surface area contributed by atoms with Crippen LogP contribution in [0.5, 0.6) is 0 Å². The highest BCUT2D eigenvalue weighted by molar-refractivity contribution is 7.91. The number of hydrogen-bond donors (Lipinski definition) is 2. The van der Waals surface area contributed by atoms with E-state index in [0.29, 0.717) is 10.8 Å². The van der Waals surface area contributed by atoms with E-state index in [0.717, 1.165) is 16.9 Å². The second-order valence-electron chi connectivity index (χ2n) is 7.43. The van der Waals surface area contributed by atoms with Crippen LogP contribution in [0.25, 0.3) is 0 Å². The molecule has 122 valence electrons. The third-order valence-electron chi connectivity index (χ3n) is 2.98. The Labute approximate surface area is 133 Å². The van der Waals surface area contributed by atoms with Crippen LogP contribution in [-0.2, 0) is 16.6 Å². The van der Waals surface area contributed by atoms with Gasteiger partial charge in [0.1, 0.15) is 4.21 Å². The lowest BCUT2D eigenvalue weighted by Crippen LogP contribution is -2.45. The molecular weight excluding hydrogens is 304 g/mol. The molecule has 6 heteroatoms. The summed E-state index contributed by atoms with van der Waals surface area (Å²) in [5, 5.41) is 3.06. The molecule has 0 radical (unpaired) electrons. The van der Waals surface area contributed by atoms with E-state index in [1.165, 1.54) is 11.3 Å². The Morgan fingerprint density at radius 2 is 1.76 bits per heavy atom. The SMILES string of the molecule is CNCc1sc(S(=O)(=O)NC(C)(C)CC(C)(C)C)cc1C. The van der Waals surface area contributed by atoms with Crippen molar-refractivity contribution in [3.05, 3.63) is 16.5 Å². The topological polar surface area (TPSA) is 58.2 Å². The first-order chi connectivity index (χ1) is 9.36. The fraction of sp³-hybridized carbons (Fsp3) is 0.733. The molecule has 1 heterocycles. The summed E-state index contributed by atoms with van der Waals surface area (Å²) in [4.78, 5) is 1.06. The molecule has 0 saturated carbocycles. The van der Waals surface area contributed by atoms with Gasteiger partial charge in [0.2, 0.25) is 0 Å². The lowest BCUT2D eigenvalue weighted by atomic mass is 9.82. The van der Waals surface area contributed by atoms with Crippen molar-refractivity contribution in [3.8, 4) is 0 Å². The molecule has 4 nitrogen and oxygen atoms in total. The van der Waals surface area contributed by atoms with Crippen LogP contribution >= 0.6 is 11.3 Å². The molecule has 1 aromatic rings. The predicted octanol–water partition coefficient (Wildman–Crippen LogP) is 3.27. The lowest BCUT2D eigenvalue weighted by molar-refractivity contribution is 0.269. The van der Waals surface area contributed by atoms with Crippen molar-refractivity contribution in [2.24, 2.45) is 5.41 Å². The summed E-state index contributed by atoms with van der Waals surface area (Å²) in [6.07, 6.45) is 0.771. The van der Waals surface area contributed by atoms with Gasteiger partial charge >= 0.3 is 0 Å². The largest absolute Gasteiger partial charge is 0.315 e. The van der Waals surface area contributed by atoms with Crippen LogP contribution in [0.15, 0.2) is 10.3 Å². The van der Waals surface area contributed by atoms with Gasteiger partial charge in [0.25, 0.3) is 10.0 Å². The van der Waals surface area contributed by atoms with Crippen LogP contribution in [0.1, 0.15) is 51.5 Å². The standard InChI is InChI=1S/C15H28N2O2S2/c1-11-8-13(20-12(11)9-16-7)21(18,19)17-15(5,6)10-14(2,3)4/h8,16-17H,9-10H2,1-7H3. The summed E-state index contributed by atoms with van der Waals surface area (Å²) in [6.45, 7) is 12.9. The fourth-order valence-corrected chi connectivity index (χ4v) is 5.75. The Balaban J connectivity index is 2.98. The molecule has 0 aliphatic rings. The minimum absolute atomic E-state index is 0.0642. The van der Waals surface area contributed by atoms with Crippen molar-refractivity contribution in [1.82, 2.24) is 10.0 Å². The number of thiophene rings is 1. The first-order valence-corrected chi connectivity index (χ1v) is 9.44. The molecule has 0 bridgehead atoms. The summed E-state index contributed by atoms with van der Waals surface area (Å²) in [6, 6.07) is 1.76. The van der Waals surface area contributed by atoms with Crippen LogP contribution in [0.2, 0.25) is 0 Å². The van der Waals surface area contributed by atoms with Crippen LogP contribution in [-0.4, -0.2) is 21.0 Å². The minimum atomic E-state index is -3.47. The van der Waals surface area contributed by atoms with Crippen LogP contribution < -0.4 is 10.0 Å². The Bertz CT molecular complexity index is 581. The molecule has 0 fully saturated rings. The second-order valence-corrected chi connectivity index (χ2v) is 10.5. The summed E-state index contributed by atoms with van der Waals surface area (Å²) >= 11 is 1.34. The van der Waals surface area contributed by atoms with Gasteiger partial charge < -0.3 is 5.32 Å². The summed E-state index contributed by atoms with van der Waals surface area (Å²) in [5.74, 6) is 0. The molecule has 0 aliphatic heterocycles. The van der Waals surface area contributed by atoms with Gasteiger partial charge in [0.15, 0.2) is 0 Å². The molecule has 0 spiro atoms.